The van der Waals surface area contributed by atoms with Crippen LogP contribution < -0.4 is 10.6 Å². The van der Waals surface area contributed by atoms with Crippen LogP contribution in [0, 0.1) is 0 Å². The van der Waals surface area contributed by atoms with Crippen LogP contribution >= 0.6 is 24.0 Å². The van der Waals surface area contributed by atoms with Crippen molar-refractivity contribution in [3.63, 3.8) is 0 Å². The summed E-state index contributed by atoms with van der Waals surface area (Å²) in [5, 5.41) is 10.9. The van der Waals surface area contributed by atoms with E-state index >= 15 is 0 Å². The lowest BCUT2D eigenvalue weighted by molar-refractivity contribution is 0.506. The number of nitrogens with zero attached hydrogens (tertiary/aromatic N) is 3. The Morgan fingerprint density at radius 3 is 2.67 bits per heavy atom. The molecule has 0 spiro atoms. The molecule has 0 aliphatic carbocycles. The smallest absolute Gasteiger partial charge is 0.191 e. The van der Waals surface area contributed by atoms with Crippen LogP contribution in [0.1, 0.15) is 31.2 Å². The van der Waals surface area contributed by atoms with Gasteiger partial charge in [0.2, 0.25) is 0 Å². The zero-order valence-corrected chi connectivity index (χ0v) is 16.8. The van der Waals surface area contributed by atoms with Crippen molar-refractivity contribution in [3.05, 3.63) is 42.1 Å². The molecule has 0 radical (unpaired) electrons. The van der Waals surface area contributed by atoms with Gasteiger partial charge < -0.3 is 15.1 Å². The maximum Gasteiger partial charge on any atom is 0.191 e. The molecule has 2 heterocycles. The molecule has 0 unspecified atom stereocenters. The predicted molar refractivity (Wildman–Crippen MR) is 108 cm³/mol. The van der Waals surface area contributed by atoms with Crippen molar-refractivity contribution in [2.45, 2.75) is 32.6 Å². The van der Waals surface area contributed by atoms with Crippen molar-refractivity contribution in [2.24, 2.45) is 12.0 Å². The topological polar surface area (TPSA) is 67.4 Å². The highest BCUT2D eigenvalue weighted by Crippen LogP contribution is 1.99. The number of aryl methyl sites for hydroxylation is 1. The largest absolute Gasteiger partial charge is 0.469 e. The van der Waals surface area contributed by atoms with Crippen LogP contribution in [0.3, 0.4) is 0 Å². The molecule has 7 heteroatoms. The number of nitrogens with one attached hydrogen (secondary N) is 2. The molecule has 6 nitrogen and oxygen atoms in total. The van der Waals surface area contributed by atoms with Crippen LogP contribution in [0.2, 0.25) is 0 Å². The molecule has 0 saturated heterocycles. The van der Waals surface area contributed by atoms with Gasteiger partial charge in [0.15, 0.2) is 5.96 Å². The molecule has 0 aliphatic rings. The fourth-order valence-corrected chi connectivity index (χ4v) is 2.24. The number of unbranched alkanes of at least 4 members (excludes halogenated alkanes) is 1. The van der Waals surface area contributed by atoms with Gasteiger partial charge >= 0.3 is 0 Å². The molecular weight excluding hydrogens is 417 g/mol. The highest BCUT2D eigenvalue weighted by Gasteiger charge is 2.02. The molecule has 0 amide bonds. The normalized spacial score (nSPS) is 11.2. The highest BCUT2D eigenvalue weighted by molar-refractivity contribution is 14.0. The van der Waals surface area contributed by atoms with Crippen molar-refractivity contribution in [3.8, 4) is 0 Å². The minimum absolute atomic E-state index is 0. The lowest BCUT2D eigenvalue weighted by atomic mass is 10.3. The zero-order valence-electron chi connectivity index (χ0n) is 14.5. The van der Waals surface area contributed by atoms with Crippen molar-refractivity contribution in [1.29, 1.82) is 0 Å². The summed E-state index contributed by atoms with van der Waals surface area (Å²) in [5.41, 5.74) is 1.21. The van der Waals surface area contributed by atoms with Crippen LogP contribution in [0.5, 0.6) is 0 Å². The van der Waals surface area contributed by atoms with E-state index < -0.39 is 0 Å². The number of aliphatic imine (C=N–C) groups is 1. The van der Waals surface area contributed by atoms with Crippen LogP contribution in [0.4, 0.5) is 0 Å². The number of rotatable bonds is 9. The minimum Gasteiger partial charge on any atom is -0.469 e. The predicted octanol–water partition coefficient (Wildman–Crippen LogP) is 2.75. The van der Waals surface area contributed by atoms with E-state index in [4.69, 9.17) is 4.42 Å². The first-order chi connectivity index (χ1) is 11.3. The van der Waals surface area contributed by atoms with E-state index in [-0.39, 0.29) is 24.0 Å². The molecule has 0 aromatic carbocycles. The first kappa shape index (κ1) is 20.5. The summed E-state index contributed by atoms with van der Waals surface area (Å²) in [6.45, 7) is 4.66. The summed E-state index contributed by atoms with van der Waals surface area (Å²) in [5.74, 6) is 1.85. The molecule has 0 atom stereocenters. The van der Waals surface area contributed by atoms with E-state index in [2.05, 4.69) is 27.6 Å². The number of hydrogen-bond acceptors (Lipinski definition) is 3. The second-order valence-electron chi connectivity index (χ2n) is 5.46. The summed E-state index contributed by atoms with van der Waals surface area (Å²) in [7, 11) is 1.97. The molecule has 2 aromatic rings. The van der Waals surface area contributed by atoms with Gasteiger partial charge in [-0.1, -0.05) is 13.3 Å². The molecule has 24 heavy (non-hydrogen) atoms. The molecule has 2 rings (SSSR count). The Kier molecular flexibility index (Phi) is 10.2. The monoisotopic (exact) mass is 445 g/mol. The molecular formula is C17H28IN5O. The van der Waals surface area contributed by atoms with Gasteiger partial charge in [0.25, 0.3) is 0 Å². The highest BCUT2D eigenvalue weighted by atomic mass is 127. The summed E-state index contributed by atoms with van der Waals surface area (Å²) >= 11 is 0. The maximum absolute atomic E-state index is 5.35. The first-order valence-electron chi connectivity index (χ1n) is 8.31. The summed E-state index contributed by atoms with van der Waals surface area (Å²) in [6, 6.07) is 5.95. The average molecular weight is 445 g/mol. The fourth-order valence-electron chi connectivity index (χ4n) is 2.24. The molecule has 0 fully saturated rings. The van der Waals surface area contributed by atoms with E-state index in [1.807, 2.05) is 36.1 Å². The standard InChI is InChI=1S/C17H27N5O.HI/c1-3-4-10-18-17(20-12-9-16-6-5-14-23-16)19-11-7-15-8-13-21-22(15)2;/h5-6,8,13-14H,3-4,7,9-12H2,1-2H3,(H2,18,19,20);1H. The van der Waals surface area contributed by atoms with Crippen molar-refractivity contribution < 1.29 is 4.42 Å². The third-order valence-electron chi connectivity index (χ3n) is 3.62. The summed E-state index contributed by atoms with van der Waals surface area (Å²) in [4.78, 5) is 4.61. The quantitative estimate of drug-likeness (QED) is 0.270. The lowest BCUT2D eigenvalue weighted by Crippen LogP contribution is -2.39. The number of aromatic nitrogens is 2. The van der Waals surface area contributed by atoms with Gasteiger partial charge in [0.1, 0.15) is 5.76 Å². The van der Waals surface area contributed by atoms with Crippen LogP contribution in [0.25, 0.3) is 0 Å². The van der Waals surface area contributed by atoms with Crippen LogP contribution in [-0.2, 0) is 19.9 Å². The van der Waals surface area contributed by atoms with Crippen LogP contribution in [0.15, 0.2) is 40.1 Å². The second kappa shape index (κ2) is 11.9. The Balaban J connectivity index is 0.00000288. The van der Waals surface area contributed by atoms with E-state index in [1.165, 1.54) is 5.69 Å². The molecule has 0 aliphatic heterocycles. The Morgan fingerprint density at radius 2 is 2.04 bits per heavy atom. The van der Waals surface area contributed by atoms with Crippen LogP contribution in [-0.4, -0.2) is 35.4 Å². The van der Waals surface area contributed by atoms with E-state index in [0.29, 0.717) is 0 Å². The Hall–Kier alpha value is -1.51. The van der Waals surface area contributed by atoms with E-state index in [9.17, 15) is 0 Å². The molecule has 0 bridgehead atoms. The Bertz CT molecular complexity index is 580. The number of hydrogen-bond donors (Lipinski definition) is 2. The molecule has 134 valence electrons. The van der Waals surface area contributed by atoms with Crippen molar-refractivity contribution >= 4 is 29.9 Å². The van der Waals surface area contributed by atoms with Gasteiger partial charge in [0.05, 0.1) is 6.26 Å². The molecule has 2 N–H and O–H groups in total. The third kappa shape index (κ3) is 7.37. The summed E-state index contributed by atoms with van der Waals surface area (Å²) < 4.78 is 7.25. The van der Waals surface area contributed by atoms with Gasteiger partial charge in [0, 0.05) is 51.4 Å². The first-order valence-corrected chi connectivity index (χ1v) is 8.31. The van der Waals surface area contributed by atoms with E-state index in [1.54, 1.807) is 6.26 Å². The average Bonchev–Trinajstić information content (AvgIpc) is 3.19. The minimum atomic E-state index is 0. The van der Waals surface area contributed by atoms with E-state index in [0.717, 1.165) is 57.0 Å². The van der Waals surface area contributed by atoms with Gasteiger partial charge in [-0.2, -0.15) is 5.10 Å². The Labute approximate surface area is 161 Å². The van der Waals surface area contributed by atoms with Gasteiger partial charge in [-0.25, -0.2) is 0 Å². The molecule has 2 aromatic heterocycles. The fraction of sp³-hybridized carbons (Fsp3) is 0.529. The zero-order chi connectivity index (χ0) is 16.3. The van der Waals surface area contributed by atoms with Gasteiger partial charge in [-0.3, -0.25) is 9.67 Å². The number of guanidine groups is 1. The lowest BCUT2D eigenvalue weighted by Gasteiger charge is -2.12. The number of halogens is 1. The SMILES string of the molecule is CCCCN=C(NCCc1ccco1)NCCc1ccnn1C.I. The summed E-state index contributed by atoms with van der Waals surface area (Å²) in [6.07, 6.45) is 7.56. The van der Waals surface area contributed by atoms with Gasteiger partial charge in [-0.05, 0) is 24.6 Å². The Morgan fingerprint density at radius 1 is 1.25 bits per heavy atom. The number of furan rings is 1. The van der Waals surface area contributed by atoms with Crippen molar-refractivity contribution in [2.75, 3.05) is 19.6 Å². The second-order valence-corrected chi connectivity index (χ2v) is 5.46. The maximum atomic E-state index is 5.35. The molecule has 0 saturated carbocycles. The van der Waals surface area contributed by atoms with Crippen molar-refractivity contribution in [1.82, 2.24) is 20.4 Å². The van der Waals surface area contributed by atoms with Gasteiger partial charge in [-0.15, -0.1) is 24.0 Å². The third-order valence-corrected chi connectivity index (χ3v) is 3.62.